The summed E-state index contributed by atoms with van der Waals surface area (Å²) in [5, 5.41) is 3.51. The van der Waals surface area contributed by atoms with E-state index in [1.165, 1.54) is 11.8 Å². The lowest BCUT2D eigenvalue weighted by Gasteiger charge is -2.28. The molecule has 0 spiro atoms. The fourth-order valence-corrected chi connectivity index (χ4v) is 2.77. The maximum Gasteiger partial charge on any atom is 0.146 e. The molecule has 3 heteroatoms. The zero-order chi connectivity index (χ0) is 15.1. The van der Waals surface area contributed by atoms with E-state index in [9.17, 15) is 4.39 Å². The van der Waals surface area contributed by atoms with Gasteiger partial charge in [0.25, 0.3) is 0 Å². The van der Waals surface area contributed by atoms with Gasteiger partial charge in [-0.15, -0.1) is 0 Å². The van der Waals surface area contributed by atoms with Crippen LogP contribution >= 0.6 is 0 Å². The van der Waals surface area contributed by atoms with Crippen molar-refractivity contribution in [3.63, 3.8) is 0 Å². The molecule has 0 fully saturated rings. The Hall–Kier alpha value is -1.74. The Morgan fingerprint density at radius 2 is 1.90 bits per heavy atom. The fourth-order valence-electron chi connectivity index (χ4n) is 2.77. The van der Waals surface area contributed by atoms with Crippen LogP contribution in [0.1, 0.15) is 49.8 Å². The van der Waals surface area contributed by atoms with Crippen LogP contribution in [0, 0.1) is 5.82 Å². The largest absolute Gasteiger partial charge is 0.309 e. The van der Waals surface area contributed by atoms with Gasteiger partial charge in [0, 0.05) is 23.7 Å². The van der Waals surface area contributed by atoms with E-state index in [2.05, 4.69) is 36.3 Å². The molecule has 0 saturated heterocycles. The van der Waals surface area contributed by atoms with Crippen molar-refractivity contribution in [1.29, 1.82) is 0 Å². The first-order valence-electron chi connectivity index (χ1n) is 7.65. The number of rotatable bonds is 7. The second-order valence-electron chi connectivity index (χ2n) is 5.25. The third kappa shape index (κ3) is 3.88. The molecule has 1 aromatic heterocycles. The second kappa shape index (κ2) is 7.89. The Morgan fingerprint density at radius 1 is 1.14 bits per heavy atom. The van der Waals surface area contributed by atoms with Crippen LogP contribution in [0.5, 0.6) is 0 Å². The summed E-state index contributed by atoms with van der Waals surface area (Å²) in [5.74, 6) is 0.00938. The quantitative estimate of drug-likeness (QED) is 0.813. The summed E-state index contributed by atoms with van der Waals surface area (Å²) < 4.78 is 14.2. The molecule has 21 heavy (non-hydrogen) atoms. The van der Waals surface area contributed by atoms with Gasteiger partial charge in [-0.3, -0.25) is 4.98 Å². The van der Waals surface area contributed by atoms with Crippen LogP contribution < -0.4 is 5.32 Å². The van der Waals surface area contributed by atoms with Crippen molar-refractivity contribution >= 4 is 0 Å². The number of nitrogens with one attached hydrogen (secondary N) is 1. The molecule has 0 radical (unpaired) electrons. The summed E-state index contributed by atoms with van der Waals surface area (Å²) in [6.45, 7) is 5.14. The summed E-state index contributed by atoms with van der Waals surface area (Å²) in [6.07, 6.45) is 4.94. The van der Waals surface area contributed by atoms with Crippen LogP contribution in [-0.2, 0) is 0 Å². The summed E-state index contributed by atoms with van der Waals surface area (Å²) >= 11 is 0. The van der Waals surface area contributed by atoms with Crippen LogP contribution in [0.2, 0.25) is 0 Å². The minimum Gasteiger partial charge on any atom is -0.309 e. The third-order valence-electron chi connectivity index (χ3n) is 3.82. The maximum atomic E-state index is 14.2. The molecular formula is C18H23FN2. The second-order valence-corrected chi connectivity index (χ2v) is 5.25. The van der Waals surface area contributed by atoms with E-state index in [1.54, 1.807) is 12.3 Å². The summed E-state index contributed by atoms with van der Waals surface area (Å²) in [5.41, 5.74) is 1.94. The lowest BCUT2D eigenvalue weighted by atomic mass is 9.85. The number of nitrogens with zero attached hydrogens (tertiary/aromatic N) is 1. The van der Waals surface area contributed by atoms with Crippen LogP contribution in [0.25, 0.3) is 0 Å². The standard InChI is InChI=1S/C18H23FN2/c1-3-11-21-18(16-10-12-20-13-17(16)19)15(4-2)14-8-6-5-7-9-14/h5-10,12-13,15,18,21H,3-4,11H2,1-2H3. The molecule has 2 nitrogen and oxygen atoms in total. The van der Waals surface area contributed by atoms with Gasteiger partial charge in [0.15, 0.2) is 0 Å². The Morgan fingerprint density at radius 3 is 2.52 bits per heavy atom. The lowest BCUT2D eigenvalue weighted by molar-refractivity contribution is 0.418. The van der Waals surface area contributed by atoms with E-state index >= 15 is 0 Å². The molecule has 0 aliphatic heterocycles. The molecule has 0 amide bonds. The van der Waals surface area contributed by atoms with Gasteiger partial charge in [-0.05, 0) is 31.0 Å². The molecular weight excluding hydrogens is 263 g/mol. The van der Waals surface area contributed by atoms with Gasteiger partial charge in [-0.2, -0.15) is 0 Å². The number of pyridine rings is 1. The average Bonchev–Trinajstić information content (AvgIpc) is 2.53. The van der Waals surface area contributed by atoms with Crippen LogP contribution in [0.3, 0.4) is 0 Å². The van der Waals surface area contributed by atoms with Gasteiger partial charge in [0.1, 0.15) is 5.82 Å². The van der Waals surface area contributed by atoms with E-state index in [0.29, 0.717) is 5.56 Å². The van der Waals surface area contributed by atoms with Gasteiger partial charge in [0.2, 0.25) is 0 Å². The topological polar surface area (TPSA) is 24.9 Å². The van der Waals surface area contributed by atoms with Crippen molar-refractivity contribution in [1.82, 2.24) is 10.3 Å². The molecule has 0 bridgehead atoms. The Labute approximate surface area is 126 Å². The van der Waals surface area contributed by atoms with Crippen molar-refractivity contribution in [2.45, 2.75) is 38.6 Å². The first kappa shape index (κ1) is 15.6. The normalized spacial score (nSPS) is 13.9. The molecule has 112 valence electrons. The smallest absolute Gasteiger partial charge is 0.146 e. The Balaban J connectivity index is 2.36. The highest BCUT2D eigenvalue weighted by Crippen LogP contribution is 2.34. The highest BCUT2D eigenvalue weighted by molar-refractivity contribution is 5.27. The SMILES string of the molecule is CCCNC(c1ccncc1F)C(CC)c1ccccc1. The molecule has 1 aromatic carbocycles. The van der Waals surface area contributed by atoms with Gasteiger partial charge in [-0.1, -0.05) is 44.2 Å². The lowest BCUT2D eigenvalue weighted by Crippen LogP contribution is -2.28. The van der Waals surface area contributed by atoms with Crippen molar-refractivity contribution < 1.29 is 4.39 Å². The molecule has 0 aliphatic carbocycles. The number of hydrogen-bond acceptors (Lipinski definition) is 2. The first-order chi connectivity index (χ1) is 10.3. The molecule has 2 unspecified atom stereocenters. The summed E-state index contributed by atoms with van der Waals surface area (Å²) in [4.78, 5) is 3.86. The molecule has 2 rings (SSSR count). The predicted molar refractivity (Wildman–Crippen MR) is 84.7 cm³/mol. The molecule has 1 heterocycles. The van der Waals surface area contributed by atoms with E-state index < -0.39 is 0 Å². The van der Waals surface area contributed by atoms with E-state index in [4.69, 9.17) is 0 Å². The number of hydrogen-bond donors (Lipinski definition) is 1. The Bertz CT molecular complexity index is 542. The molecule has 2 aromatic rings. The van der Waals surface area contributed by atoms with E-state index in [1.807, 2.05) is 18.2 Å². The van der Waals surface area contributed by atoms with Crippen molar-refractivity contribution in [2.75, 3.05) is 6.54 Å². The van der Waals surface area contributed by atoms with Crippen molar-refractivity contribution in [3.8, 4) is 0 Å². The highest BCUT2D eigenvalue weighted by Gasteiger charge is 2.25. The third-order valence-corrected chi connectivity index (χ3v) is 3.82. The van der Waals surface area contributed by atoms with Crippen LogP contribution in [0.4, 0.5) is 4.39 Å². The number of halogens is 1. The summed E-state index contributed by atoms with van der Waals surface area (Å²) in [6, 6.07) is 12.1. The molecule has 0 saturated carbocycles. The molecule has 2 atom stereocenters. The average molecular weight is 286 g/mol. The van der Waals surface area contributed by atoms with Crippen LogP contribution in [-0.4, -0.2) is 11.5 Å². The fraction of sp³-hybridized carbons (Fsp3) is 0.389. The van der Waals surface area contributed by atoms with Gasteiger partial charge in [-0.25, -0.2) is 4.39 Å². The zero-order valence-corrected chi connectivity index (χ0v) is 12.7. The molecule has 0 aliphatic rings. The minimum absolute atomic E-state index is 0.0275. The molecule has 1 N–H and O–H groups in total. The van der Waals surface area contributed by atoms with Gasteiger partial charge in [0.05, 0.1) is 6.20 Å². The van der Waals surface area contributed by atoms with Gasteiger partial charge >= 0.3 is 0 Å². The van der Waals surface area contributed by atoms with E-state index in [-0.39, 0.29) is 17.8 Å². The summed E-state index contributed by atoms with van der Waals surface area (Å²) in [7, 11) is 0. The number of aromatic nitrogens is 1. The van der Waals surface area contributed by atoms with Gasteiger partial charge < -0.3 is 5.32 Å². The maximum absolute atomic E-state index is 14.2. The first-order valence-corrected chi connectivity index (χ1v) is 7.65. The monoisotopic (exact) mass is 286 g/mol. The minimum atomic E-state index is -0.236. The van der Waals surface area contributed by atoms with Crippen molar-refractivity contribution in [2.24, 2.45) is 0 Å². The number of benzene rings is 1. The predicted octanol–water partition coefficient (Wildman–Crippen LogP) is 4.46. The van der Waals surface area contributed by atoms with Crippen LogP contribution in [0.15, 0.2) is 48.8 Å². The Kier molecular flexibility index (Phi) is 5.88. The zero-order valence-electron chi connectivity index (χ0n) is 12.7. The van der Waals surface area contributed by atoms with Crippen molar-refractivity contribution in [3.05, 3.63) is 65.7 Å². The highest BCUT2D eigenvalue weighted by atomic mass is 19.1. The van der Waals surface area contributed by atoms with E-state index in [0.717, 1.165) is 19.4 Å².